The first-order chi connectivity index (χ1) is 0. The SMILES string of the molecule is Cl.Cl.[Fe].[PbH2]. The molecule has 0 rings (SSSR count). The summed E-state index contributed by atoms with van der Waals surface area (Å²) in [7, 11) is 0. The third-order valence-corrected chi connectivity index (χ3v) is 0. The van der Waals surface area contributed by atoms with Crippen molar-refractivity contribution < 1.29 is 17.1 Å². The van der Waals surface area contributed by atoms with Crippen LogP contribution in [0.15, 0.2) is 0 Å². The molecular formula is H4Cl2FePb. The maximum absolute atomic E-state index is 0. The molecule has 0 aromatic carbocycles. The summed E-state index contributed by atoms with van der Waals surface area (Å²) < 4.78 is 0. The van der Waals surface area contributed by atoms with Crippen LogP contribution in [0.3, 0.4) is 0 Å². The van der Waals surface area contributed by atoms with Crippen molar-refractivity contribution in [3.05, 3.63) is 0 Å². The van der Waals surface area contributed by atoms with Gasteiger partial charge in [0.05, 0.1) is 0 Å². The molecule has 4 heteroatoms. The van der Waals surface area contributed by atoms with Crippen molar-refractivity contribution in [2.24, 2.45) is 0 Å². The molecule has 0 saturated carbocycles. The molecule has 0 aliphatic rings. The molecule has 0 aromatic rings. The van der Waals surface area contributed by atoms with E-state index in [9.17, 15) is 0 Å². The van der Waals surface area contributed by atoms with Crippen molar-refractivity contribution in [1.29, 1.82) is 0 Å². The molecule has 0 aliphatic heterocycles. The summed E-state index contributed by atoms with van der Waals surface area (Å²) in [6.45, 7) is 0. The Bertz CT molecular complexity index is 6.00. The number of halogens is 2. The zero-order chi connectivity index (χ0) is 0. The summed E-state index contributed by atoms with van der Waals surface area (Å²) >= 11 is 0. The first-order valence-corrected chi connectivity index (χ1v) is 0. The molecule has 0 atom stereocenters. The van der Waals surface area contributed by atoms with Crippen molar-refractivity contribution in [3.8, 4) is 0 Å². The van der Waals surface area contributed by atoms with Gasteiger partial charge in [-0.15, -0.1) is 24.8 Å². The topological polar surface area (TPSA) is 0 Å². The van der Waals surface area contributed by atoms with E-state index in [2.05, 4.69) is 0 Å². The van der Waals surface area contributed by atoms with Crippen molar-refractivity contribution in [2.75, 3.05) is 0 Å². The first kappa shape index (κ1) is 37.2. The molecule has 0 aromatic heterocycles. The Balaban J connectivity index is 0. The molecule has 0 fully saturated rings. The van der Waals surface area contributed by atoms with Gasteiger partial charge in [0.15, 0.2) is 0 Å². The standard InChI is InChI=1S/2ClH.Fe.Pb.2H/h2*1H;;;;. The predicted octanol–water partition coefficient (Wildman–Crippen LogP) is -0.0751. The molecule has 0 bridgehead atoms. The Morgan fingerprint density at radius 2 is 0.750 bits per heavy atom. The fourth-order valence-electron chi connectivity index (χ4n) is 0. The first-order valence-electron chi connectivity index (χ1n) is 0. The van der Waals surface area contributed by atoms with Gasteiger partial charge < -0.3 is 0 Å². The van der Waals surface area contributed by atoms with Crippen LogP contribution in [-0.4, -0.2) is 27.3 Å². The molecule has 0 N–H and O–H groups in total. The third kappa shape index (κ3) is 8.98. The number of rotatable bonds is 0. The summed E-state index contributed by atoms with van der Waals surface area (Å²) in [5, 5.41) is 0. The van der Waals surface area contributed by atoms with E-state index in [1.54, 1.807) is 0 Å². The van der Waals surface area contributed by atoms with E-state index in [1.165, 1.54) is 0 Å². The van der Waals surface area contributed by atoms with Crippen LogP contribution in [-0.2, 0) is 17.1 Å². The van der Waals surface area contributed by atoms with Gasteiger partial charge in [-0.2, -0.15) is 0 Å². The maximum atomic E-state index is 0. The van der Waals surface area contributed by atoms with E-state index < -0.39 is 0 Å². The molecule has 4 heavy (non-hydrogen) atoms. The van der Waals surface area contributed by atoms with Gasteiger partial charge in [-0.3, -0.25) is 0 Å². The molecular weight excluding hydrogens is 334 g/mol. The molecule has 0 heterocycles. The van der Waals surface area contributed by atoms with E-state index in [0.717, 1.165) is 0 Å². The minimum atomic E-state index is 0. The Labute approximate surface area is 68.6 Å². The second kappa shape index (κ2) is 19.9. The number of hydrogen-bond donors (Lipinski definition) is 0. The summed E-state index contributed by atoms with van der Waals surface area (Å²) in [6, 6.07) is 0. The van der Waals surface area contributed by atoms with Gasteiger partial charge >= 0.3 is 27.3 Å². The van der Waals surface area contributed by atoms with Gasteiger partial charge in [-0.05, 0) is 0 Å². The summed E-state index contributed by atoms with van der Waals surface area (Å²) in [5.74, 6) is 0. The average Bonchev–Trinajstić information content (AvgIpc) is 0. The van der Waals surface area contributed by atoms with E-state index in [1.807, 2.05) is 0 Å². The third-order valence-electron chi connectivity index (χ3n) is 0. The normalized spacial score (nSPS) is 0. The van der Waals surface area contributed by atoms with Crippen LogP contribution in [0.4, 0.5) is 0 Å². The molecule has 0 unspecified atom stereocenters. The van der Waals surface area contributed by atoms with Crippen LogP contribution in [0.5, 0.6) is 0 Å². The average molecular weight is 338 g/mol. The zero-order valence-electron chi connectivity index (χ0n) is 1.88. The van der Waals surface area contributed by atoms with E-state index in [4.69, 9.17) is 0 Å². The van der Waals surface area contributed by atoms with Crippen LogP contribution in [0.2, 0.25) is 0 Å². The zero-order valence-corrected chi connectivity index (χ0v) is 10.1. The van der Waals surface area contributed by atoms with Gasteiger partial charge in [-0.1, -0.05) is 0 Å². The summed E-state index contributed by atoms with van der Waals surface area (Å²) in [4.78, 5) is 0. The molecule has 0 nitrogen and oxygen atoms in total. The molecule has 30 valence electrons. The van der Waals surface area contributed by atoms with Gasteiger partial charge in [0.25, 0.3) is 0 Å². The quantitative estimate of drug-likeness (QED) is 0.543. The van der Waals surface area contributed by atoms with Crippen molar-refractivity contribution in [1.82, 2.24) is 0 Å². The fourth-order valence-corrected chi connectivity index (χ4v) is 0. The van der Waals surface area contributed by atoms with Crippen LogP contribution >= 0.6 is 24.8 Å². The molecule has 0 aliphatic carbocycles. The van der Waals surface area contributed by atoms with Crippen LogP contribution in [0, 0.1) is 0 Å². The minimum absolute atomic E-state index is 0. The monoisotopic (exact) mass is 338 g/mol. The van der Waals surface area contributed by atoms with Crippen molar-refractivity contribution in [3.63, 3.8) is 0 Å². The molecule has 0 saturated heterocycles. The fraction of sp³-hybridized carbons (Fsp3) is 0. The Kier molecular flexibility index (Phi) is 185. The van der Waals surface area contributed by atoms with E-state index >= 15 is 0 Å². The Morgan fingerprint density at radius 3 is 0.750 bits per heavy atom. The predicted molar refractivity (Wildman–Crippen MR) is 23.0 cm³/mol. The van der Waals surface area contributed by atoms with Crippen LogP contribution < -0.4 is 0 Å². The molecule has 0 spiro atoms. The van der Waals surface area contributed by atoms with Crippen molar-refractivity contribution >= 4 is 52.1 Å². The van der Waals surface area contributed by atoms with Crippen LogP contribution in [0.1, 0.15) is 0 Å². The van der Waals surface area contributed by atoms with Crippen LogP contribution in [0.25, 0.3) is 0 Å². The summed E-state index contributed by atoms with van der Waals surface area (Å²) in [5.41, 5.74) is 0. The van der Waals surface area contributed by atoms with Gasteiger partial charge in [0.2, 0.25) is 0 Å². The molecule has 2 radical (unpaired) electrons. The van der Waals surface area contributed by atoms with E-state index in [-0.39, 0.29) is 69.2 Å². The Hall–Kier alpha value is 2.02. The van der Waals surface area contributed by atoms with Crippen molar-refractivity contribution in [2.45, 2.75) is 0 Å². The number of hydrogen-bond acceptors (Lipinski definition) is 0. The second-order valence-electron chi connectivity index (χ2n) is 0. The van der Waals surface area contributed by atoms with Gasteiger partial charge in [0.1, 0.15) is 0 Å². The Morgan fingerprint density at radius 1 is 0.750 bits per heavy atom. The second-order valence-corrected chi connectivity index (χ2v) is 0. The molecule has 0 amide bonds. The van der Waals surface area contributed by atoms with Gasteiger partial charge in [-0.25, -0.2) is 0 Å². The van der Waals surface area contributed by atoms with Gasteiger partial charge in [0, 0.05) is 17.1 Å². The van der Waals surface area contributed by atoms with E-state index in [0.29, 0.717) is 0 Å². The summed E-state index contributed by atoms with van der Waals surface area (Å²) in [6.07, 6.45) is 0.